The summed E-state index contributed by atoms with van der Waals surface area (Å²) in [6, 6.07) is 0. The van der Waals surface area contributed by atoms with Crippen molar-refractivity contribution < 1.29 is 42.1 Å². The maximum atomic E-state index is 4.94. The van der Waals surface area contributed by atoms with Crippen LogP contribution in [0.15, 0.2) is 0 Å². The average Bonchev–Trinajstić information content (AvgIpc) is 1.72. The van der Waals surface area contributed by atoms with E-state index < -0.39 is 0 Å². The van der Waals surface area contributed by atoms with Crippen LogP contribution in [0.3, 0.4) is 0 Å². The van der Waals surface area contributed by atoms with E-state index in [0.717, 1.165) is 26.4 Å². The van der Waals surface area contributed by atoms with Gasteiger partial charge in [-0.3, -0.25) is 0 Å². The van der Waals surface area contributed by atoms with Gasteiger partial charge in [0.2, 0.25) is 0 Å². The molecule has 1 saturated heterocycles. The molecule has 4 nitrogen and oxygen atoms in total. The molecule has 0 aromatic heterocycles. The Balaban J connectivity index is -0.000000120. The molecular weight excluding hydrogens is 160 g/mol. The quantitative estimate of drug-likeness (QED) is 0.469. The molecule has 0 amide bonds. The Hall–Kier alpha value is 0.554. The number of hydrogen-bond acceptors (Lipinski definition) is 2. The minimum Gasteiger partial charge on any atom is -2.00 e. The Kier molecular flexibility index (Phi) is 20.5. The summed E-state index contributed by atoms with van der Waals surface area (Å²) in [5.41, 5.74) is 0. The van der Waals surface area contributed by atoms with Crippen LogP contribution in [0.2, 0.25) is 0 Å². The Bertz CT molecular complexity index is 28.0. The molecule has 0 bridgehead atoms. The first-order valence-corrected chi connectivity index (χ1v) is 2.15. The predicted octanol–water partition coefficient (Wildman–Crippen LogP) is -0.207. The van der Waals surface area contributed by atoms with Crippen LogP contribution in [-0.4, -0.2) is 26.4 Å². The second-order valence-corrected chi connectivity index (χ2v) is 1.22. The molecule has 1 heterocycles. The molecule has 0 spiro atoms. The van der Waals surface area contributed by atoms with E-state index in [9.17, 15) is 0 Å². The third kappa shape index (κ3) is 8.55. The van der Waals surface area contributed by atoms with E-state index in [1.807, 2.05) is 0 Å². The van der Waals surface area contributed by atoms with Crippen LogP contribution < -0.4 is 0 Å². The van der Waals surface area contributed by atoms with Crippen molar-refractivity contribution in [3.63, 3.8) is 0 Å². The Morgan fingerprint density at radius 2 is 0.889 bits per heavy atom. The molecule has 0 unspecified atom stereocenters. The van der Waals surface area contributed by atoms with Gasteiger partial charge < -0.3 is 20.4 Å². The van der Waals surface area contributed by atoms with Crippen LogP contribution in [0.25, 0.3) is 0 Å². The van der Waals surface area contributed by atoms with Gasteiger partial charge in [-0.25, -0.2) is 0 Å². The summed E-state index contributed by atoms with van der Waals surface area (Å²) in [6.07, 6.45) is 0. The third-order valence-electron chi connectivity index (χ3n) is 0.744. The van der Waals surface area contributed by atoms with Crippen LogP contribution >= 0.6 is 0 Å². The van der Waals surface area contributed by atoms with Crippen molar-refractivity contribution in [1.82, 2.24) is 0 Å². The molecule has 0 N–H and O–H groups in total. The van der Waals surface area contributed by atoms with E-state index in [1.165, 1.54) is 0 Å². The van der Waals surface area contributed by atoms with Gasteiger partial charge in [-0.2, -0.15) is 0 Å². The van der Waals surface area contributed by atoms with Gasteiger partial charge in [-0.15, -0.1) is 0 Å². The Morgan fingerprint density at radius 1 is 0.667 bits per heavy atom. The number of ether oxygens (including phenoxy) is 2. The fourth-order valence-corrected chi connectivity index (χ4v) is 0.440. The van der Waals surface area contributed by atoms with Crippen molar-refractivity contribution in [2.45, 2.75) is 0 Å². The summed E-state index contributed by atoms with van der Waals surface area (Å²) in [6.45, 7) is 3.11. The van der Waals surface area contributed by atoms with Gasteiger partial charge in [0.15, 0.2) is 0 Å². The normalized spacial score (nSPS) is 16.0. The van der Waals surface area contributed by atoms with E-state index in [-0.39, 0.29) is 32.7 Å². The zero-order valence-corrected chi connectivity index (χ0v) is 6.52. The van der Waals surface area contributed by atoms with Crippen molar-refractivity contribution in [3.05, 3.63) is 0 Å². The van der Waals surface area contributed by atoms with Gasteiger partial charge in [-0.1, -0.05) is 0 Å². The Labute approximate surface area is 69.0 Å². The van der Waals surface area contributed by atoms with E-state index >= 15 is 0 Å². The third-order valence-corrected chi connectivity index (χ3v) is 0.744. The van der Waals surface area contributed by atoms with Crippen molar-refractivity contribution in [3.8, 4) is 0 Å². The summed E-state index contributed by atoms with van der Waals surface area (Å²) in [7, 11) is 0. The van der Waals surface area contributed by atoms with Crippen LogP contribution in [0.5, 0.6) is 0 Å². The molecule has 0 atom stereocenters. The van der Waals surface area contributed by atoms with E-state index in [2.05, 4.69) is 0 Å². The predicted molar refractivity (Wildman–Crippen MR) is 23.0 cm³/mol. The summed E-state index contributed by atoms with van der Waals surface area (Å²) in [4.78, 5) is 0. The second-order valence-electron chi connectivity index (χ2n) is 1.22. The standard InChI is InChI=1S/C4H8O2.2O.Ti/c1-2-6-4-3-5-1;;;/h1-4H2;;;/q;2*-2;+4. The number of hydrogen-bond donors (Lipinski definition) is 0. The molecule has 0 radical (unpaired) electrons. The molecule has 0 aromatic carbocycles. The minimum absolute atomic E-state index is 0. The summed E-state index contributed by atoms with van der Waals surface area (Å²) < 4.78 is 9.89. The fourth-order valence-electron chi connectivity index (χ4n) is 0.440. The topological polar surface area (TPSA) is 75.5 Å². The first-order valence-electron chi connectivity index (χ1n) is 2.15. The van der Waals surface area contributed by atoms with Crippen LogP contribution in [0.4, 0.5) is 0 Å². The van der Waals surface area contributed by atoms with E-state index in [1.54, 1.807) is 0 Å². The molecule has 52 valence electrons. The molecule has 1 rings (SSSR count). The Morgan fingerprint density at radius 3 is 1.00 bits per heavy atom. The molecule has 0 aromatic rings. The zero-order chi connectivity index (χ0) is 4.24. The van der Waals surface area contributed by atoms with Crippen LogP contribution in [0.1, 0.15) is 0 Å². The summed E-state index contributed by atoms with van der Waals surface area (Å²) in [5.74, 6) is 0. The molecule has 5 heteroatoms. The van der Waals surface area contributed by atoms with Crippen molar-refractivity contribution >= 4 is 0 Å². The molecule has 0 aliphatic carbocycles. The molecule has 0 saturated carbocycles. The van der Waals surface area contributed by atoms with Crippen molar-refractivity contribution in [2.24, 2.45) is 0 Å². The fraction of sp³-hybridized carbons (Fsp3) is 1.00. The molecule has 1 fully saturated rings. The summed E-state index contributed by atoms with van der Waals surface area (Å²) in [5, 5.41) is 0. The monoisotopic (exact) mass is 168 g/mol. The van der Waals surface area contributed by atoms with Crippen LogP contribution in [0, 0.1) is 0 Å². The van der Waals surface area contributed by atoms with Gasteiger partial charge in [0.05, 0.1) is 26.4 Å². The van der Waals surface area contributed by atoms with Gasteiger partial charge in [0.25, 0.3) is 0 Å². The molecule has 9 heavy (non-hydrogen) atoms. The first-order chi connectivity index (χ1) is 3.00. The zero-order valence-electron chi connectivity index (χ0n) is 4.96. The maximum absolute atomic E-state index is 4.94. The molecule has 1 aliphatic rings. The van der Waals surface area contributed by atoms with E-state index in [4.69, 9.17) is 9.47 Å². The SMILES string of the molecule is C1COCCO1.[O-2].[O-2].[Ti+4]. The molecule has 1 aliphatic heterocycles. The number of rotatable bonds is 0. The molecular formula is C4H8O4Ti. The van der Waals surface area contributed by atoms with E-state index in [0.29, 0.717) is 0 Å². The van der Waals surface area contributed by atoms with Gasteiger partial charge in [0.1, 0.15) is 0 Å². The first kappa shape index (κ1) is 16.3. The van der Waals surface area contributed by atoms with Gasteiger partial charge >= 0.3 is 21.7 Å². The smallest absolute Gasteiger partial charge is 2.00 e. The average molecular weight is 168 g/mol. The van der Waals surface area contributed by atoms with Crippen molar-refractivity contribution in [1.29, 1.82) is 0 Å². The second kappa shape index (κ2) is 11.4. The maximum Gasteiger partial charge on any atom is 4.00 e. The summed E-state index contributed by atoms with van der Waals surface area (Å²) >= 11 is 0. The largest absolute Gasteiger partial charge is 4.00 e. The minimum atomic E-state index is 0. The van der Waals surface area contributed by atoms with Crippen LogP contribution in [-0.2, 0) is 42.1 Å². The van der Waals surface area contributed by atoms with Crippen molar-refractivity contribution in [2.75, 3.05) is 26.4 Å². The van der Waals surface area contributed by atoms with Gasteiger partial charge in [0, 0.05) is 0 Å². The van der Waals surface area contributed by atoms with Gasteiger partial charge in [-0.05, 0) is 0 Å².